The van der Waals surface area contributed by atoms with Gasteiger partial charge in [-0.25, -0.2) is 9.59 Å². The lowest BCUT2D eigenvalue weighted by molar-refractivity contribution is -0.144. The number of hydrogen-bond donors (Lipinski definition) is 2. The van der Waals surface area contributed by atoms with Crippen molar-refractivity contribution in [3.8, 4) is 0 Å². The SMILES string of the molecule is COC(=O)/C(O)=C(/O)C(=O)OC. The quantitative estimate of drug-likeness (QED) is 0.339. The summed E-state index contributed by atoms with van der Waals surface area (Å²) in [7, 11) is 1.98. The highest BCUT2D eigenvalue weighted by molar-refractivity contribution is 5.96. The minimum atomic E-state index is -1.21. The summed E-state index contributed by atoms with van der Waals surface area (Å²) in [4.78, 5) is 21.0. The van der Waals surface area contributed by atoms with Crippen LogP contribution in [-0.4, -0.2) is 36.4 Å². The summed E-state index contributed by atoms with van der Waals surface area (Å²) in [5.41, 5.74) is 0. The molecule has 0 aromatic rings. The molecule has 6 heteroatoms. The second kappa shape index (κ2) is 4.22. The minimum absolute atomic E-state index is 0.989. The van der Waals surface area contributed by atoms with Gasteiger partial charge in [0, 0.05) is 0 Å². The van der Waals surface area contributed by atoms with Crippen LogP contribution in [0.5, 0.6) is 0 Å². The zero-order valence-electron chi connectivity index (χ0n) is 6.53. The normalized spacial score (nSPS) is 11.5. The summed E-state index contributed by atoms with van der Waals surface area (Å²) < 4.78 is 8.03. The summed E-state index contributed by atoms with van der Waals surface area (Å²) in [5.74, 6) is -4.77. The Morgan fingerprint density at radius 2 is 1.17 bits per heavy atom. The molecule has 0 aliphatic rings. The monoisotopic (exact) mass is 176 g/mol. The lowest BCUT2D eigenvalue weighted by atomic mass is 10.4. The number of carbonyl (C=O) groups is 2. The highest BCUT2D eigenvalue weighted by atomic mass is 16.5. The molecule has 0 atom stereocenters. The summed E-state index contributed by atoms with van der Waals surface area (Å²) in [6, 6.07) is 0. The van der Waals surface area contributed by atoms with Crippen LogP contribution in [0.2, 0.25) is 0 Å². The molecule has 2 N–H and O–H groups in total. The molecule has 0 aromatic carbocycles. The standard InChI is InChI=1S/C6H8O6/c1-11-5(9)3(7)4(8)6(10)12-2/h7-8H,1-2H3/b4-3-. The number of aliphatic hydroxyl groups excluding tert-OH is 2. The van der Waals surface area contributed by atoms with Crippen LogP contribution in [0.25, 0.3) is 0 Å². The van der Waals surface area contributed by atoms with Crippen molar-refractivity contribution in [1.82, 2.24) is 0 Å². The predicted molar refractivity (Wildman–Crippen MR) is 36.3 cm³/mol. The molecule has 0 amide bonds. The van der Waals surface area contributed by atoms with Crippen molar-refractivity contribution in [1.29, 1.82) is 0 Å². The molecule has 6 nitrogen and oxygen atoms in total. The summed E-state index contributed by atoms with van der Waals surface area (Å²) in [6.45, 7) is 0. The topological polar surface area (TPSA) is 93.1 Å². The number of esters is 2. The molecule has 0 saturated carbocycles. The van der Waals surface area contributed by atoms with Gasteiger partial charge in [0.05, 0.1) is 14.2 Å². The zero-order chi connectivity index (χ0) is 9.72. The Morgan fingerprint density at radius 1 is 0.917 bits per heavy atom. The number of hydrogen-bond acceptors (Lipinski definition) is 6. The number of aliphatic hydroxyl groups is 2. The highest BCUT2D eigenvalue weighted by Gasteiger charge is 2.20. The molecule has 0 rings (SSSR count). The van der Waals surface area contributed by atoms with E-state index >= 15 is 0 Å². The third-order valence-corrected chi connectivity index (χ3v) is 0.982. The van der Waals surface area contributed by atoms with Gasteiger partial charge >= 0.3 is 11.9 Å². The van der Waals surface area contributed by atoms with Gasteiger partial charge in [0.15, 0.2) is 0 Å². The number of ether oxygens (including phenoxy) is 2. The average Bonchev–Trinajstić information content (AvgIpc) is 2.12. The fourth-order valence-electron chi connectivity index (χ4n) is 0.387. The summed E-state index contributed by atoms with van der Waals surface area (Å²) in [5, 5.41) is 17.5. The molecule has 0 bridgehead atoms. The maximum absolute atomic E-state index is 10.5. The van der Waals surface area contributed by atoms with Crippen molar-refractivity contribution in [3.05, 3.63) is 11.5 Å². The van der Waals surface area contributed by atoms with Crippen LogP contribution in [0.3, 0.4) is 0 Å². The minimum Gasteiger partial charge on any atom is -0.499 e. The molecular formula is C6H8O6. The molecular weight excluding hydrogens is 168 g/mol. The summed E-state index contributed by atoms with van der Waals surface area (Å²) >= 11 is 0. The van der Waals surface area contributed by atoms with E-state index < -0.39 is 23.5 Å². The smallest absolute Gasteiger partial charge is 0.377 e. The number of methoxy groups -OCH3 is 2. The van der Waals surface area contributed by atoms with E-state index in [2.05, 4.69) is 9.47 Å². The largest absolute Gasteiger partial charge is 0.499 e. The second-order valence-corrected chi connectivity index (χ2v) is 1.68. The van der Waals surface area contributed by atoms with Crippen LogP contribution < -0.4 is 0 Å². The Kier molecular flexibility index (Phi) is 3.61. The van der Waals surface area contributed by atoms with Crippen molar-refractivity contribution in [2.45, 2.75) is 0 Å². The van der Waals surface area contributed by atoms with Gasteiger partial charge in [-0.05, 0) is 0 Å². The fourth-order valence-corrected chi connectivity index (χ4v) is 0.387. The lowest BCUT2D eigenvalue weighted by Gasteiger charge is -2.00. The van der Waals surface area contributed by atoms with Crippen LogP contribution in [0, 0.1) is 0 Å². The van der Waals surface area contributed by atoms with E-state index in [9.17, 15) is 9.59 Å². The van der Waals surface area contributed by atoms with E-state index in [1.807, 2.05) is 0 Å². The van der Waals surface area contributed by atoms with Gasteiger partial charge in [-0.1, -0.05) is 0 Å². The maximum Gasteiger partial charge on any atom is 0.377 e. The van der Waals surface area contributed by atoms with Crippen molar-refractivity contribution in [2.24, 2.45) is 0 Å². The van der Waals surface area contributed by atoms with Gasteiger partial charge in [-0.3, -0.25) is 0 Å². The van der Waals surface area contributed by atoms with Crippen LogP contribution in [0.4, 0.5) is 0 Å². The van der Waals surface area contributed by atoms with Gasteiger partial charge in [-0.15, -0.1) is 0 Å². The Morgan fingerprint density at radius 3 is 1.33 bits per heavy atom. The molecule has 12 heavy (non-hydrogen) atoms. The molecule has 0 saturated heterocycles. The first-order chi connectivity index (χ1) is 5.54. The molecule has 0 heterocycles. The molecule has 0 radical (unpaired) electrons. The lowest BCUT2D eigenvalue weighted by Crippen LogP contribution is -2.13. The maximum atomic E-state index is 10.5. The second-order valence-electron chi connectivity index (χ2n) is 1.68. The first kappa shape index (κ1) is 10.3. The third-order valence-electron chi connectivity index (χ3n) is 0.982. The van der Waals surface area contributed by atoms with Crippen LogP contribution in [0.15, 0.2) is 11.5 Å². The zero-order valence-corrected chi connectivity index (χ0v) is 6.53. The third kappa shape index (κ3) is 2.15. The highest BCUT2D eigenvalue weighted by Crippen LogP contribution is 2.01. The van der Waals surface area contributed by atoms with Gasteiger partial charge in [0.2, 0.25) is 0 Å². The fraction of sp³-hybridized carbons (Fsp3) is 0.333. The summed E-state index contributed by atoms with van der Waals surface area (Å²) in [6.07, 6.45) is 0. The number of rotatable bonds is 2. The molecule has 0 aliphatic carbocycles. The number of carbonyl (C=O) groups excluding carboxylic acids is 2. The van der Waals surface area contributed by atoms with E-state index in [-0.39, 0.29) is 0 Å². The van der Waals surface area contributed by atoms with E-state index in [1.54, 1.807) is 0 Å². The van der Waals surface area contributed by atoms with Gasteiger partial charge in [-0.2, -0.15) is 0 Å². The molecule has 0 aromatic heterocycles. The first-order valence-corrected chi connectivity index (χ1v) is 2.83. The van der Waals surface area contributed by atoms with Gasteiger partial charge in [0.1, 0.15) is 0 Å². The van der Waals surface area contributed by atoms with E-state index in [0.29, 0.717) is 0 Å². The first-order valence-electron chi connectivity index (χ1n) is 2.83. The van der Waals surface area contributed by atoms with Crippen LogP contribution in [-0.2, 0) is 19.1 Å². The predicted octanol–water partition coefficient (Wildman–Crippen LogP) is -0.340. The van der Waals surface area contributed by atoms with Crippen molar-refractivity contribution in [2.75, 3.05) is 14.2 Å². The van der Waals surface area contributed by atoms with E-state index in [4.69, 9.17) is 10.2 Å². The van der Waals surface area contributed by atoms with Crippen molar-refractivity contribution in [3.63, 3.8) is 0 Å². The van der Waals surface area contributed by atoms with Gasteiger partial charge < -0.3 is 19.7 Å². The molecule has 0 fully saturated rings. The van der Waals surface area contributed by atoms with Crippen LogP contribution in [0.1, 0.15) is 0 Å². The van der Waals surface area contributed by atoms with Gasteiger partial charge in [0.25, 0.3) is 11.5 Å². The van der Waals surface area contributed by atoms with Crippen molar-refractivity contribution >= 4 is 11.9 Å². The Balaban J connectivity index is 4.68. The molecule has 0 aliphatic heterocycles. The van der Waals surface area contributed by atoms with E-state index in [1.165, 1.54) is 0 Å². The Labute approximate surface area is 68.0 Å². The van der Waals surface area contributed by atoms with Crippen molar-refractivity contribution < 1.29 is 29.3 Å². The molecule has 68 valence electrons. The molecule has 0 unspecified atom stereocenters. The van der Waals surface area contributed by atoms with Crippen LogP contribution >= 0.6 is 0 Å². The van der Waals surface area contributed by atoms with E-state index in [0.717, 1.165) is 14.2 Å². The Hall–Kier alpha value is -1.72. The average molecular weight is 176 g/mol. The molecule has 0 spiro atoms. The Bertz CT molecular complexity index is 204.